The first-order chi connectivity index (χ1) is 14.9. The minimum Gasteiger partial charge on any atom is -0.449 e. The van der Waals surface area contributed by atoms with Crippen LogP contribution in [0.25, 0.3) is 0 Å². The van der Waals surface area contributed by atoms with Crippen LogP contribution in [0.15, 0.2) is 64.9 Å². The highest BCUT2D eigenvalue weighted by molar-refractivity contribution is 7.98. The van der Waals surface area contributed by atoms with Gasteiger partial charge in [-0.2, -0.15) is 0 Å². The Labute approximate surface area is 188 Å². The summed E-state index contributed by atoms with van der Waals surface area (Å²) in [6.45, 7) is 3.37. The summed E-state index contributed by atoms with van der Waals surface area (Å²) in [7, 11) is 0. The monoisotopic (exact) mass is 455 g/mol. The fraction of sp³-hybridized carbons (Fsp3) is 0.182. The number of thioether (sulfide) groups is 1. The summed E-state index contributed by atoms with van der Waals surface area (Å²) in [5.74, 6) is -0.610. The van der Waals surface area contributed by atoms with E-state index in [0.29, 0.717) is 11.3 Å². The molecule has 0 aliphatic heterocycles. The Hall–Kier alpha value is -3.17. The second-order valence-electron chi connectivity index (χ2n) is 6.53. The number of thiazole rings is 1. The molecule has 0 radical (unpaired) electrons. The molecule has 2 N–H and O–H groups in total. The molecule has 0 fully saturated rings. The Balaban J connectivity index is 1.47. The number of nitrogens with one attached hydrogen (secondary N) is 2. The molecular formula is C22H21N3O4S2. The zero-order valence-electron chi connectivity index (χ0n) is 17.0. The number of esters is 1. The van der Waals surface area contributed by atoms with Crippen molar-refractivity contribution in [2.24, 2.45) is 0 Å². The molecule has 9 heteroatoms. The molecule has 1 aromatic heterocycles. The van der Waals surface area contributed by atoms with Crippen molar-refractivity contribution in [2.45, 2.75) is 30.6 Å². The minimum atomic E-state index is -1.13. The van der Waals surface area contributed by atoms with Gasteiger partial charge in [0.1, 0.15) is 0 Å². The summed E-state index contributed by atoms with van der Waals surface area (Å²) < 4.78 is 5.17. The van der Waals surface area contributed by atoms with Gasteiger partial charge in [0.25, 0.3) is 5.91 Å². The number of hydrogen-bond donors (Lipinski definition) is 2. The van der Waals surface area contributed by atoms with E-state index in [9.17, 15) is 14.4 Å². The molecule has 1 heterocycles. The van der Waals surface area contributed by atoms with Crippen LogP contribution < -0.4 is 10.6 Å². The first kappa shape index (κ1) is 22.5. The van der Waals surface area contributed by atoms with Gasteiger partial charge in [0.05, 0.1) is 16.3 Å². The number of rotatable bonds is 7. The third-order valence-corrected chi connectivity index (χ3v) is 5.93. The van der Waals surface area contributed by atoms with Gasteiger partial charge in [-0.3, -0.25) is 10.1 Å². The number of urea groups is 1. The van der Waals surface area contributed by atoms with E-state index >= 15 is 0 Å². The normalized spacial score (nSPS) is 11.4. The molecule has 0 aliphatic rings. The molecule has 7 nitrogen and oxygen atoms in total. The van der Waals surface area contributed by atoms with Gasteiger partial charge in [-0.05, 0) is 50.2 Å². The molecule has 0 saturated carbocycles. The lowest BCUT2D eigenvalue weighted by atomic mass is 10.2. The number of anilines is 1. The number of carbonyl (C=O) groups excluding carboxylic acids is 3. The van der Waals surface area contributed by atoms with Gasteiger partial charge < -0.3 is 10.1 Å². The average Bonchev–Trinajstić information content (AvgIpc) is 3.18. The predicted molar refractivity (Wildman–Crippen MR) is 121 cm³/mol. The molecule has 0 spiro atoms. The first-order valence-corrected chi connectivity index (χ1v) is 11.3. The smallest absolute Gasteiger partial charge is 0.338 e. The molecule has 3 amide bonds. The number of carbonyl (C=O) groups is 3. The van der Waals surface area contributed by atoms with Gasteiger partial charge in [0.2, 0.25) is 0 Å². The molecule has 0 saturated heterocycles. The summed E-state index contributed by atoms with van der Waals surface area (Å²) >= 11 is 3.23. The fourth-order valence-electron chi connectivity index (χ4n) is 2.50. The van der Waals surface area contributed by atoms with E-state index in [0.717, 1.165) is 21.3 Å². The molecule has 160 valence electrons. The lowest BCUT2D eigenvalue weighted by molar-refractivity contribution is -0.127. The van der Waals surface area contributed by atoms with Crippen LogP contribution in [-0.2, 0) is 15.3 Å². The van der Waals surface area contributed by atoms with Crippen molar-refractivity contribution >= 4 is 46.7 Å². The Bertz CT molecular complexity index is 1050. The second-order valence-corrected chi connectivity index (χ2v) is 8.64. The van der Waals surface area contributed by atoms with Crippen LogP contribution in [0.4, 0.5) is 10.5 Å². The average molecular weight is 456 g/mol. The van der Waals surface area contributed by atoms with Crippen LogP contribution in [0.5, 0.6) is 0 Å². The van der Waals surface area contributed by atoms with Gasteiger partial charge in [0, 0.05) is 21.7 Å². The van der Waals surface area contributed by atoms with Crippen LogP contribution in [0, 0.1) is 6.92 Å². The lowest BCUT2D eigenvalue weighted by Crippen LogP contribution is -2.41. The Morgan fingerprint density at radius 2 is 1.81 bits per heavy atom. The topological polar surface area (TPSA) is 97.4 Å². The van der Waals surface area contributed by atoms with Crippen LogP contribution >= 0.6 is 23.1 Å². The largest absolute Gasteiger partial charge is 0.449 e. The van der Waals surface area contributed by atoms with Crippen molar-refractivity contribution in [2.75, 3.05) is 5.32 Å². The van der Waals surface area contributed by atoms with E-state index in [1.807, 2.05) is 30.5 Å². The molecule has 1 atom stereocenters. The summed E-state index contributed by atoms with van der Waals surface area (Å²) in [5.41, 5.74) is 1.88. The number of amides is 3. The number of nitrogens with zero attached hydrogens (tertiary/aromatic N) is 1. The van der Waals surface area contributed by atoms with E-state index in [4.69, 9.17) is 4.74 Å². The maximum atomic E-state index is 12.3. The third kappa shape index (κ3) is 6.94. The number of aromatic nitrogens is 1. The number of aryl methyl sites for hydroxylation is 1. The molecule has 3 rings (SSSR count). The standard InChI is InChI=1S/C22H21N3O4S2/c1-14(20(26)25-22(28)24-17-6-4-3-5-7-17)29-21(27)16-8-10-19(11-9-16)31-13-18-12-30-15(2)23-18/h3-12,14H,13H2,1-2H3,(H2,24,25,26,28)/t14-/m0/s1. The minimum absolute atomic E-state index is 0.322. The highest BCUT2D eigenvalue weighted by atomic mass is 32.2. The van der Waals surface area contributed by atoms with Crippen molar-refractivity contribution in [3.05, 3.63) is 76.2 Å². The van der Waals surface area contributed by atoms with Gasteiger partial charge >= 0.3 is 12.0 Å². The maximum absolute atomic E-state index is 12.3. The van der Waals surface area contributed by atoms with E-state index in [-0.39, 0.29) is 0 Å². The number of imide groups is 1. The van der Waals surface area contributed by atoms with Crippen LogP contribution in [-0.4, -0.2) is 29.0 Å². The third-order valence-electron chi connectivity index (χ3n) is 4.06. The van der Waals surface area contributed by atoms with Gasteiger partial charge in [-0.1, -0.05) is 18.2 Å². The highest BCUT2D eigenvalue weighted by Gasteiger charge is 2.21. The summed E-state index contributed by atoms with van der Waals surface area (Å²) in [4.78, 5) is 41.7. The Morgan fingerprint density at radius 3 is 2.45 bits per heavy atom. The van der Waals surface area contributed by atoms with Gasteiger partial charge in [-0.25, -0.2) is 14.6 Å². The van der Waals surface area contributed by atoms with Crippen molar-refractivity contribution in [3.63, 3.8) is 0 Å². The first-order valence-electron chi connectivity index (χ1n) is 9.42. The lowest BCUT2D eigenvalue weighted by Gasteiger charge is -2.13. The Kier molecular flexibility index (Phi) is 7.80. The number of hydrogen-bond acceptors (Lipinski definition) is 7. The molecule has 0 aliphatic carbocycles. The SMILES string of the molecule is Cc1nc(CSc2ccc(C(=O)O[C@@H](C)C(=O)NC(=O)Nc3ccccc3)cc2)cs1. The number of para-hydroxylation sites is 1. The zero-order chi connectivity index (χ0) is 22.2. The van der Waals surface area contributed by atoms with E-state index < -0.39 is 24.0 Å². The molecule has 0 unspecified atom stereocenters. The zero-order valence-corrected chi connectivity index (χ0v) is 18.6. The quantitative estimate of drug-likeness (QED) is 0.398. The number of benzene rings is 2. The van der Waals surface area contributed by atoms with Gasteiger partial charge in [0.15, 0.2) is 6.10 Å². The molecular weight excluding hydrogens is 434 g/mol. The van der Waals surface area contributed by atoms with Crippen LogP contribution in [0.2, 0.25) is 0 Å². The molecule has 3 aromatic rings. The van der Waals surface area contributed by atoms with Crippen LogP contribution in [0.1, 0.15) is 28.0 Å². The van der Waals surface area contributed by atoms with Crippen molar-refractivity contribution in [1.82, 2.24) is 10.3 Å². The molecule has 2 aromatic carbocycles. The van der Waals surface area contributed by atoms with E-state index in [2.05, 4.69) is 15.6 Å². The van der Waals surface area contributed by atoms with Gasteiger partial charge in [-0.15, -0.1) is 23.1 Å². The second kappa shape index (κ2) is 10.7. The highest BCUT2D eigenvalue weighted by Crippen LogP contribution is 2.24. The van der Waals surface area contributed by atoms with Crippen LogP contribution in [0.3, 0.4) is 0 Å². The van der Waals surface area contributed by atoms with E-state index in [1.54, 1.807) is 59.5 Å². The summed E-state index contributed by atoms with van der Waals surface area (Å²) in [6.07, 6.45) is -1.13. The summed E-state index contributed by atoms with van der Waals surface area (Å²) in [6, 6.07) is 14.9. The van der Waals surface area contributed by atoms with Crippen molar-refractivity contribution in [3.8, 4) is 0 Å². The van der Waals surface area contributed by atoms with E-state index in [1.165, 1.54) is 6.92 Å². The molecule has 0 bridgehead atoms. The Morgan fingerprint density at radius 1 is 1.10 bits per heavy atom. The summed E-state index contributed by atoms with van der Waals surface area (Å²) in [5, 5.41) is 7.74. The molecule has 31 heavy (non-hydrogen) atoms. The van der Waals surface area contributed by atoms with Crippen molar-refractivity contribution in [1.29, 1.82) is 0 Å². The number of ether oxygens (including phenoxy) is 1. The van der Waals surface area contributed by atoms with Crippen molar-refractivity contribution < 1.29 is 19.1 Å². The predicted octanol–water partition coefficient (Wildman–Crippen LogP) is 4.64. The fourth-order valence-corrected chi connectivity index (χ4v) is 4.01. The maximum Gasteiger partial charge on any atom is 0.338 e.